The van der Waals surface area contributed by atoms with E-state index < -0.39 is 0 Å². The summed E-state index contributed by atoms with van der Waals surface area (Å²) in [5, 5.41) is 4.42. The first-order valence-electron chi connectivity index (χ1n) is 7.74. The average molecular weight is 264 g/mol. The Morgan fingerprint density at radius 2 is 2.26 bits per heavy atom. The smallest absolute Gasteiger partial charge is 0.0524 e. The highest BCUT2D eigenvalue weighted by Crippen LogP contribution is 2.30. The highest BCUT2D eigenvalue weighted by Gasteiger charge is 2.30. The molecule has 0 saturated heterocycles. The standard InChI is InChI=1S/C15H28N4/c1-3-10-19-14(8-9-17-19)12-18(4-2)15-7-5-6-13(15)11-16/h8-9,13,15H,3-7,10-12,16H2,1-2H3. The van der Waals surface area contributed by atoms with Gasteiger partial charge in [0.05, 0.1) is 5.69 Å². The fourth-order valence-electron chi connectivity index (χ4n) is 3.35. The molecule has 4 heteroatoms. The molecule has 108 valence electrons. The minimum Gasteiger partial charge on any atom is -0.330 e. The van der Waals surface area contributed by atoms with Crippen molar-refractivity contribution < 1.29 is 0 Å². The predicted octanol–water partition coefficient (Wildman–Crippen LogP) is 2.24. The zero-order valence-corrected chi connectivity index (χ0v) is 12.4. The summed E-state index contributed by atoms with van der Waals surface area (Å²) >= 11 is 0. The zero-order chi connectivity index (χ0) is 13.7. The number of aryl methyl sites for hydroxylation is 1. The molecule has 19 heavy (non-hydrogen) atoms. The summed E-state index contributed by atoms with van der Waals surface area (Å²) in [5.41, 5.74) is 7.26. The van der Waals surface area contributed by atoms with Gasteiger partial charge in [-0.15, -0.1) is 0 Å². The highest BCUT2D eigenvalue weighted by atomic mass is 15.3. The Kier molecular flexibility index (Phi) is 5.40. The van der Waals surface area contributed by atoms with E-state index >= 15 is 0 Å². The van der Waals surface area contributed by atoms with Crippen molar-refractivity contribution in [1.29, 1.82) is 0 Å². The molecule has 1 heterocycles. The van der Waals surface area contributed by atoms with Crippen LogP contribution in [0.25, 0.3) is 0 Å². The summed E-state index contributed by atoms with van der Waals surface area (Å²) in [4.78, 5) is 2.59. The molecule has 0 spiro atoms. The van der Waals surface area contributed by atoms with Crippen LogP contribution < -0.4 is 5.73 Å². The number of aromatic nitrogens is 2. The minimum atomic E-state index is 0.667. The molecule has 0 amide bonds. The molecule has 2 N–H and O–H groups in total. The molecule has 0 bridgehead atoms. The van der Waals surface area contributed by atoms with Crippen LogP contribution in [0.1, 0.15) is 45.2 Å². The van der Waals surface area contributed by atoms with E-state index in [0.717, 1.165) is 32.6 Å². The molecule has 2 rings (SSSR count). The molecular weight excluding hydrogens is 236 g/mol. The van der Waals surface area contributed by atoms with Crippen molar-refractivity contribution in [2.45, 2.75) is 58.7 Å². The number of nitrogens with two attached hydrogens (primary N) is 1. The van der Waals surface area contributed by atoms with Gasteiger partial charge in [0.25, 0.3) is 0 Å². The quantitative estimate of drug-likeness (QED) is 0.821. The third-order valence-corrected chi connectivity index (χ3v) is 4.40. The summed E-state index contributed by atoms with van der Waals surface area (Å²) in [6.45, 7) is 8.41. The molecule has 1 aromatic heterocycles. The maximum atomic E-state index is 5.92. The molecule has 1 fully saturated rings. The van der Waals surface area contributed by atoms with Gasteiger partial charge in [0.15, 0.2) is 0 Å². The largest absolute Gasteiger partial charge is 0.330 e. The third-order valence-electron chi connectivity index (χ3n) is 4.40. The maximum Gasteiger partial charge on any atom is 0.0524 e. The van der Waals surface area contributed by atoms with Crippen molar-refractivity contribution >= 4 is 0 Å². The van der Waals surface area contributed by atoms with E-state index in [1.54, 1.807) is 0 Å². The zero-order valence-electron chi connectivity index (χ0n) is 12.4. The number of rotatable bonds is 7. The van der Waals surface area contributed by atoms with E-state index in [-0.39, 0.29) is 0 Å². The summed E-state index contributed by atoms with van der Waals surface area (Å²) in [6, 6.07) is 2.82. The van der Waals surface area contributed by atoms with Gasteiger partial charge in [-0.05, 0) is 44.3 Å². The fraction of sp³-hybridized carbons (Fsp3) is 0.800. The Morgan fingerprint density at radius 3 is 2.95 bits per heavy atom. The van der Waals surface area contributed by atoms with Gasteiger partial charge in [0, 0.05) is 25.3 Å². The first-order chi connectivity index (χ1) is 9.30. The third kappa shape index (κ3) is 3.37. The average Bonchev–Trinajstić information content (AvgIpc) is 3.05. The van der Waals surface area contributed by atoms with Crippen molar-refractivity contribution in [2.24, 2.45) is 11.7 Å². The molecule has 1 aromatic rings. The van der Waals surface area contributed by atoms with Gasteiger partial charge in [-0.2, -0.15) is 5.10 Å². The van der Waals surface area contributed by atoms with Crippen molar-refractivity contribution in [1.82, 2.24) is 14.7 Å². The fourth-order valence-corrected chi connectivity index (χ4v) is 3.35. The lowest BCUT2D eigenvalue weighted by molar-refractivity contribution is 0.157. The first kappa shape index (κ1) is 14.5. The Labute approximate surface area is 117 Å². The summed E-state index contributed by atoms with van der Waals surface area (Å²) < 4.78 is 2.15. The SMILES string of the molecule is CCCn1nccc1CN(CC)C1CCCC1CN. The molecule has 0 radical (unpaired) electrons. The van der Waals surface area contributed by atoms with E-state index in [2.05, 4.69) is 34.6 Å². The predicted molar refractivity (Wildman–Crippen MR) is 78.8 cm³/mol. The van der Waals surface area contributed by atoms with Crippen molar-refractivity contribution in [3.8, 4) is 0 Å². The molecule has 1 saturated carbocycles. The van der Waals surface area contributed by atoms with Crippen LogP contribution >= 0.6 is 0 Å². The van der Waals surface area contributed by atoms with E-state index in [1.165, 1.54) is 25.0 Å². The summed E-state index contributed by atoms with van der Waals surface area (Å²) in [7, 11) is 0. The minimum absolute atomic E-state index is 0.667. The molecule has 0 aliphatic heterocycles. The van der Waals surface area contributed by atoms with E-state index in [1.807, 2.05) is 6.20 Å². The van der Waals surface area contributed by atoms with Crippen LogP contribution in [0.5, 0.6) is 0 Å². The molecule has 4 nitrogen and oxygen atoms in total. The van der Waals surface area contributed by atoms with Gasteiger partial charge in [-0.25, -0.2) is 0 Å². The number of hydrogen-bond donors (Lipinski definition) is 1. The molecular formula is C15H28N4. The molecule has 2 unspecified atom stereocenters. The van der Waals surface area contributed by atoms with Gasteiger partial charge < -0.3 is 5.73 Å². The molecule has 1 aliphatic carbocycles. The Balaban J connectivity index is 2.03. The Morgan fingerprint density at radius 1 is 1.42 bits per heavy atom. The van der Waals surface area contributed by atoms with Gasteiger partial charge >= 0.3 is 0 Å². The van der Waals surface area contributed by atoms with E-state index in [4.69, 9.17) is 5.73 Å². The second-order valence-electron chi connectivity index (χ2n) is 5.60. The van der Waals surface area contributed by atoms with Crippen LogP contribution in [0.15, 0.2) is 12.3 Å². The monoisotopic (exact) mass is 264 g/mol. The van der Waals surface area contributed by atoms with Crippen molar-refractivity contribution in [2.75, 3.05) is 13.1 Å². The van der Waals surface area contributed by atoms with Gasteiger partial charge in [-0.1, -0.05) is 20.3 Å². The lowest BCUT2D eigenvalue weighted by Gasteiger charge is -2.31. The van der Waals surface area contributed by atoms with Crippen LogP contribution in [0, 0.1) is 5.92 Å². The molecule has 2 atom stereocenters. The summed E-state index contributed by atoms with van der Waals surface area (Å²) in [6.07, 6.45) is 6.99. The van der Waals surface area contributed by atoms with Crippen LogP contribution in [0.3, 0.4) is 0 Å². The number of nitrogens with zero attached hydrogens (tertiary/aromatic N) is 3. The topological polar surface area (TPSA) is 47.1 Å². The van der Waals surface area contributed by atoms with Crippen molar-refractivity contribution in [3.05, 3.63) is 18.0 Å². The van der Waals surface area contributed by atoms with Crippen LogP contribution in [-0.2, 0) is 13.1 Å². The summed E-state index contributed by atoms with van der Waals surface area (Å²) in [5.74, 6) is 0.683. The lowest BCUT2D eigenvalue weighted by atomic mass is 10.0. The van der Waals surface area contributed by atoms with E-state index in [0.29, 0.717) is 12.0 Å². The highest BCUT2D eigenvalue weighted by molar-refractivity contribution is 5.01. The van der Waals surface area contributed by atoms with Crippen LogP contribution in [0.4, 0.5) is 0 Å². The normalized spacial score (nSPS) is 23.4. The first-order valence-corrected chi connectivity index (χ1v) is 7.74. The molecule has 1 aliphatic rings. The van der Waals surface area contributed by atoms with Crippen LogP contribution in [0.2, 0.25) is 0 Å². The van der Waals surface area contributed by atoms with Crippen LogP contribution in [-0.4, -0.2) is 33.8 Å². The second kappa shape index (κ2) is 7.06. The van der Waals surface area contributed by atoms with Crippen molar-refractivity contribution in [3.63, 3.8) is 0 Å². The molecule has 0 aromatic carbocycles. The Bertz CT molecular complexity index is 374. The maximum absolute atomic E-state index is 5.92. The van der Waals surface area contributed by atoms with E-state index in [9.17, 15) is 0 Å². The van der Waals surface area contributed by atoms with Gasteiger partial charge in [0.2, 0.25) is 0 Å². The van der Waals surface area contributed by atoms with Gasteiger partial charge in [-0.3, -0.25) is 9.58 Å². The Hall–Kier alpha value is -0.870. The number of hydrogen-bond acceptors (Lipinski definition) is 3. The second-order valence-corrected chi connectivity index (χ2v) is 5.60. The van der Waals surface area contributed by atoms with Gasteiger partial charge in [0.1, 0.15) is 0 Å². The lowest BCUT2D eigenvalue weighted by Crippen LogP contribution is -2.40.